The molecular formula is C19H19BrN2O4S. The summed E-state index contributed by atoms with van der Waals surface area (Å²) in [6.45, 7) is 2.71. The van der Waals surface area contributed by atoms with Crippen LogP contribution in [-0.2, 0) is 14.6 Å². The fraction of sp³-hybridized carbons (Fsp3) is 0.211. The Balaban J connectivity index is 2.09. The van der Waals surface area contributed by atoms with Crippen molar-refractivity contribution in [1.82, 2.24) is 4.98 Å². The van der Waals surface area contributed by atoms with E-state index in [-0.39, 0.29) is 21.7 Å². The Morgan fingerprint density at radius 1 is 1.15 bits per heavy atom. The van der Waals surface area contributed by atoms with E-state index in [0.29, 0.717) is 13.2 Å². The van der Waals surface area contributed by atoms with Crippen LogP contribution in [0.5, 0.6) is 0 Å². The average Bonchev–Trinajstić information content (AvgIpc) is 3.07. The summed E-state index contributed by atoms with van der Waals surface area (Å²) in [7, 11) is -2.28. The van der Waals surface area contributed by atoms with Crippen LogP contribution < -0.4 is 5.32 Å². The van der Waals surface area contributed by atoms with Crippen LogP contribution in [0.4, 0.5) is 5.88 Å². The van der Waals surface area contributed by atoms with Gasteiger partial charge in [0.15, 0.2) is 0 Å². The number of ether oxygens (including phenoxy) is 1. The molecule has 0 unspecified atom stereocenters. The van der Waals surface area contributed by atoms with Gasteiger partial charge in [0.25, 0.3) is 0 Å². The van der Waals surface area contributed by atoms with E-state index in [1.807, 2.05) is 31.2 Å². The van der Waals surface area contributed by atoms with Gasteiger partial charge in [-0.05, 0) is 42.8 Å². The second kappa shape index (κ2) is 8.24. The van der Waals surface area contributed by atoms with Crippen molar-refractivity contribution in [2.45, 2.75) is 16.8 Å². The van der Waals surface area contributed by atoms with Crippen LogP contribution in [0.15, 0.2) is 67.3 Å². The molecule has 3 aromatic rings. The number of sulfone groups is 1. The number of benzene rings is 2. The summed E-state index contributed by atoms with van der Waals surface area (Å²) >= 11 is 3.31. The van der Waals surface area contributed by atoms with Gasteiger partial charge in [-0.1, -0.05) is 34.1 Å². The molecule has 0 radical (unpaired) electrons. The predicted octanol–water partition coefficient (Wildman–Crippen LogP) is 4.30. The number of methoxy groups -OCH3 is 1. The molecule has 0 spiro atoms. The van der Waals surface area contributed by atoms with E-state index >= 15 is 0 Å². The van der Waals surface area contributed by atoms with Gasteiger partial charge >= 0.3 is 0 Å². The zero-order valence-electron chi connectivity index (χ0n) is 14.9. The van der Waals surface area contributed by atoms with Crippen LogP contribution in [0.3, 0.4) is 0 Å². The molecule has 1 heterocycles. The SMILES string of the molecule is COCCNc1oc(-c2ccccc2C)nc1S(=O)(=O)c1ccc(Br)cc1. The van der Waals surface area contributed by atoms with Crippen LogP contribution in [0.1, 0.15) is 5.56 Å². The molecule has 0 aliphatic carbocycles. The van der Waals surface area contributed by atoms with Gasteiger partial charge in [0.2, 0.25) is 26.6 Å². The van der Waals surface area contributed by atoms with Crippen LogP contribution >= 0.6 is 15.9 Å². The molecule has 0 amide bonds. The van der Waals surface area contributed by atoms with Gasteiger partial charge in [0.05, 0.1) is 11.5 Å². The van der Waals surface area contributed by atoms with Gasteiger partial charge in [-0.25, -0.2) is 8.42 Å². The summed E-state index contributed by atoms with van der Waals surface area (Å²) < 4.78 is 37.8. The number of nitrogens with one attached hydrogen (secondary N) is 1. The first-order valence-corrected chi connectivity index (χ1v) is 10.5. The highest BCUT2D eigenvalue weighted by molar-refractivity contribution is 9.10. The van der Waals surface area contributed by atoms with E-state index in [1.54, 1.807) is 19.2 Å². The van der Waals surface area contributed by atoms with Crippen molar-refractivity contribution in [2.24, 2.45) is 0 Å². The second-order valence-corrected chi connectivity index (χ2v) is 8.63. The molecule has 0 fully saturated rings. The molecule has 0 saturated heterocycles. The maximum absolute atomic E-state index is 13.1. The fourth-order valence-electron chi connectivity index (χ4n) is 2.52. The first-order chi connectivity index (χ1) is 12.9. The van der Waals surface area contributed by atoms with E-state index < -0.39 is 9.84 Å². The van der Waals surface area contributed by atoms with Gasteiger partial charge in [0.1, 0.15) is 0 Å². The molecule has 0 aliphatic heterocycles. The Hall–Kier alpha value is -2.16. The molecule has 27 heavy (non-hydrogen) atoms. The summed E-state index contributed by atoms with van der Waals surface area (Å²) in [5.74, 6) is 0.358. The van der Waals surface area contributed by atoms with Gasteiger partial charge in [-0.3, -0.25) is 0 Å². The lowest BCUT2D eigenvalue weighted by atomic mass is 10.1. The van der Waals surface area contributed by atoms with Gasteiger partial charge in [0, 0.05) is 23.7 Å². The van der Waals surface area contributed by atoms with Crippen molar-refractivity contribution in [2.75, 3.05) is 25.6 Å². The van der Waals surface area contributed by atoms with Gasteiger partial charge in [-0.15, -0.1) is 0 Å². The smallest absolute Gasteiger partial charge is 0.233 e. The first kappa shape index (κ1) is 19.6. The minimum absolute atomic E-state index is 0.105. The number of aromatic nitrogens is 1. The van der Waals surface area contributed by atoms with Crippen LogP contribution in [0, 0.1) is 6.92 Å². The van der Waals surface area contributed by atoms with Gasteiger partial charge < -0.3 is 14.5 Å². The van der Waals surface area contributed by atoms with E-state index in [4.69, 9.17) is 9.15 Å². The van der Waals surface area contributed by atoms with E-state index in [0.717, 1.165) is 15.6 Å². The third-order valence-electron chi connectivity index (χ3n) is 3.94. The van der Waals surface area contributed by atoms with Gasteiger partial charge in [-0.2, -0.15) is 4.98 Å². The highest BCUT2D eigenvalue weighted by Gasteiger charge is 2.28. The number of nitrogens with zero attached hydrogens (tertiary/aromatic N) is 1. The maximum atomic E-state index is 13.1. The van der Waals surface area contributed by atoms with Crippen molar-refractivity contribution in [3.63, 3.8) is 0 Å². The number of hydrogen-bond acceptors (Lipinski definition) is 6. The number of rotatable bonds is 7. The summed E-state index contributed by atoms with van der Waals surface area (Å²) in [5.41, 5.74) is 1.68. The molecule has 0 bridgehead atoms. The van der Waals surface area contributed by atoms with E-state index in [2.05, 4.69) is 26.2 Å². The number of hydrogen-bond donors (Lipinski definition) is 1. The van der Waals surface area contributed by atoms with Crippen molar-refractivity contribution in [1.29, 1.82) is 0 Å². The lowest BCUT2D eigenvalue weighted by molar-refractivity contribution is 0.210. The Kier molecular flexibility index (Phi) is 5.98. The Bertz CT molecular complexity index is 1030. The Labute approximate surface area is 166 Å². The summed E-state index contributed by atoms with van der Waals surface area (Å²) in [4.78, 5) is 4.46. The lowest BCUT2D eigenvalue weighted by Gasteiger charge is -2.05. The number of halogens is 1. The number of oxazole rings is 1. The summed E-state index contributed by atoms with van der Waals surface area (Å²) in [6, 6.07) is 13.9. The quantitative estimate of drug-likeness (QED) is 0.540. The van der Waals surface area contributed by atoms with Crippen LogP contribution in [-0.4, -0.2) is 33.7 Å². The molecule has 0 atom stereocenters. The van der Waals surface area contributed by atoms with Crippen LogP contribution in [0.25, 0.3) is 11.5 Å². The average molecular weight is 451 g/mol. The standard InChI is InChI=1S/C19H19BrN2O4S/c1-13-5-3-4-6-16(13)17-22-19(18(26-17)21-11-12-25-2)27(23,24)15-9-7-14(20)8-10-15/h3-10,21H,11-12H2,1-2H3. The molecule has 1 N–H and O–H groups in total. The third kappa shape index (κ3) is 4.23. The largest absolute Gasteiger partial charge is 0.419 e. The number of anilines is 1. The van der Waals surface area contributed by atoms with E-state index in [1.165, 1.54) is 12.1 Å². The monoisotopic (exact) mass is 450 g/mol. The Morgan fingerprint density at radius 3 is 2.52 bits per heavy atom. The molecule has 8 heteroatoms. The number of aryl methyl sites for hydroxylation is 1. The van der Waals surface area contributed by atoms with Crippen molar-refractivity contribution in [3.05, 3.63) is 58.6 Å². The molecular weight excluding hydrogens is 432 g/mol. The molecule has 3 rings (SSSR count). The zero-order valence-corrected chi connectivity index (χ0v) is 17.3. The Morgan fingerprint density at radius 2 is 1.85 bits per heavy atom. The lowest BCUT2D eigenvalue weighted by Crippen LogP contribution is -2.11. The molecule has 142 valence electrons. The molecule has 2 aromatic carbocycles. The predicted molar refractivity (Wildman–Crippen MR) is 107 cm³/mol. The van der Waals surface area contributed by atoms with Crippen molar-refractivity contribution >= 4 is 31.7 Å². The second-order valence-electron chi connectivity index (χ2n) is 5.85. The highest BCUT2D eigenvalue weighted by Crippen LogP contribution is 2.33. The summed E-state index contributed by atoms with van der Waals surface area (Å²) in [5, 5.41) is 2.83. The molecule has 6 nitrogen and oxygen atoms in total. The van der Waals surface area contributed by atoms with E-state index in [9.17, 15) is 8.42 Å². The zero-order chi connectivity index (χ0) is 19.4. The van der Waals surface area contributed by atoms with Crippen LogP contribution in [0.2, 0.25) is 0 Å². The maximum Gasteiger partial charge on any atom is 0.233 e. The topological polar surface area (TPSA) is 81.4 Å². The van der Waals surface area contributed by atoms with Crippen molar-refractivity contribution in [3.8, 4) is 11.5 Å². The summed E-state index contributed by atoms with van der Waals surface area (Å²) in [6.07, 6.45) is 0. The minimum atomic E-state index is -3.85. The normalized spacial score (nSPS) is 11.5. The molecule has 0 saturated carbocycles. The fourth-order valence-corrected chi connectivity index (χ4v) is 4.06. The first-order valence-electron chi connectivity index (χ1n) is 8.24. The minimum Gasteiger partial charge on any atom is -0.419 e. The highest BCUT2D eigenvalue weighted by atomic mass is 79.9. The molecule has 0 aliphatic rings. The third-order valence-corrected chi connectivity index (χ3v) is 6.15. The van der Waals surface area contributed by atoms with Crippen molar-refractivity contribution < 1.29 is 17.6 Å². The molecule has 1 aromatic heterocycles.